The predicted octanol–water partition coefficient (Wildman–Crippen LogP) is 4.45. The van der Waals surface area contributed by atoms with Crippen LogP contribution in [0.15, 0.2) is 30.5 Å². The number of nitrogens with two attached hydrogens (primary N) is 1. The first kappa shape index (κ1) is 27.1. The Morgan fingerprint density at radius 2 is 1.86 bits per heavy atom. The first-order valence-corrected chi connectivity index (χ1v) is 13.4. The van der Waals surface area contributed by atoms with Crippen LogP contribution in [0.25, 0.3) is 11.3 Å². The van der Waals surface area contributed by atoms with Crippen LogP contribution in [0.4, 0.5) is 11.6 Å². The van der Waals surface area contributed by atoms with Gasteiger partial charge in [-0.1, -0.05) is 17.7 Å². The molecule has 1 aliphatic carbocycles. The van der Waals surface area contributed by atoms with E-state index in [1.807, 2.05) is 24.3 Å². The van der Waals surface area contributed by atoms with Crippen molar-refractivity contribution in [1.29, 1.82) is 0 Å². The number of nitrogens with zero attached hydrogens (tertiary/aromatic N) is 2. The van der Waals surface area contributed by atoms with Crippen LogP contribution >= 0.6 is 11.6 Å². The van der Waals surface area contributed by atoms with Crippen LogP contribution in [0.5, 0.6) is 0 Å². The average molecular weight is 517 g/mol. The van der Waals surface area contributed by atoms with E-state index in [0.29, 0.717) is 43.5 Å². The molecule has 0 atom stereocenters. The molecule has 0 spiro atoms. The molecule has 2 fully saturated rings. The van der Waals surface area contributed by atoms with Crippen molar-refractivity contribution in [2.45, 2.75) is 75.5 Å². The van der Waals surface area contributed by atoms with Crippen LogP contribution in [0.1, 0.15) is 52.4 Å². The number of nitrogens with one attached hydrogen (secondary N) is 3. The summed E-state index contributed by atoms with van der Waals surface area (Å²) in [6.45, 7) is 7.16. The molecule has 2 aromatic heterocycles. The second-order valence-corrected chi connectivity index (χ2v) is 11.3. The van der Waals surface area contributed by atoms with Gasteiger partial charge in [0.15, 0.2) is 0 Å². The Bertz CT molecular complexity index is 990. The van der Waals surface area contributed by atoms with Gasteiger partial charge in [0.05, 0.1) is 17.3 Å². The van der Waals surface area contributed by atoms with Gasteiger partial charge in [-0.3, -0.25) is 0 Å². The number of hydrogen-bond acceptors (Lipinski definition) is 8. The summed E-state index contributed by atoms with van der Waals surface area (Å²) in [7, 11) is 1.75. The quantitative estimate of drug-likeness (QED) is 0.367. The molecule has 198 valence electrons. The van der Waals surface area contributed by atoms with Crippen molar-refractivity contribution in [2.75, 3.05) is 44.1 Å². The van der Waals surface area contributed by atoms with Gasteiger partial charge in [-0.25, -0.2) is 9.97 Å². The summed E-state index contributed by atoms with van der Waals surface area (Å²) in [4.78, 5) is 9.35. The number of rotatable bonds is 10. The highest BCUT2D eigenvalue weighted by Gasteiger charge is 2.28. The van der Waals surface area contributed by atoms with E-state index in [1.54, 1.807) is 13.3 Å². The van der Waals surface area contributed by atoms with E-state index in [2.05, 4.69) is 34.8 Å². The molecule has 0 unspecified atom stereocenters. The standard InChI is InChI=1S/C27H41ClN6O2/c1-26(2,18-35-3)34-20-9-7-19(8-10-20)32-25-15-21(22(28)16-30-25)23-5-4-6-24(33-23)31-17-27(29)11-13-36-14-12-27/h4-6,15-16,19-20,34H,7-14,17-18,29H2,1-3H3,(H,30,32)(H,31,33). The summed E-state index contributed by atoms with van der Waals surface area (Å²) in [5.41, 5.74) is 7.91. The second kappa shape index (κ2) is 12.0. The lowest BCUT2D eigenvalue weighted by atomic mass is 9.89. The summed E-state index contributed by atoms with van der Waals surface area (Å²) in [5, 5.41) is 11.4. The Hall–Kier alpha value is -1.97. The topological polar surface area (TPSA) is 106 Å². The number of halogens is 1. The minimum atomic E-state index is -0.268. The van der Waals surface area contributed by atoms with E-state index in [1.165, 1.54) is 0 Å². The van der Waals surface area contributed by atoms with E-state index in [-0.39, 0.29) is 11.1 Å². The second-order valence-electron chi connectivity index (χ2n) is 10.9. The molecular formula is C27H41ClN6O2. The molecule has 1 saturated carbocycles. The molecule has 36 heavy (non-hydrogen) atoms. The fourth-order valence-electron chi connectivity index (χ4n) is 5.16. The Morgan fingerprint density at radius 1 is 1.14 bits per heavy atom. The third-order valence-corrected chi connectivity index (χ3v) is 7.47. The molecule has 0 bridgehead atoms. The first-order valence-electron chi connectivity index (χ1n) is 13.0. The lowest BCUT2D eigenvalue weighted by molar-refractivity contribution is 0.0574. The van der Waals surface area contributed by atoms with E-state index < -0.39 is 0 Å². The number of anilines is 2. The molecule has 0 amide bonds. The maximum Gasteiger partial charge on any atom is 0.126 e. The predicted molar refractivity (Wildman–Crippen MR) is 147 cm³/mol. The molecule has 2 aliphatic rings. The summed E-state index contributed by atoms with van der Waals surface area (Å²) >= 11 is 6.55. The van der Waals surface area contributed by atoms with Gasteiger partial charge >= 0.3 is 0 Å². The molecule has 3 heterocycles. The Balaban J connectivity index is 1.36. The number of ether oxygens (including phenoxy) is 2. The van der Waals surface area contributed by atoms with Crippen molar-refractivity contribution >= 4 is 23.2 Å². The third kappa shape index (κ3) is 7.52. The molecular weight excluding hydrogens is 476 g/mol. The van der Waals surface area contributed by atoms with Crippen LogP contribution in [-0.4, -0.2) is 66.6 Å². The third-order valence-electron chi connectivity index (χ3n) is 7.17. The maximum atomic E-state index is 6.55. The smallest absolute Gasteiger partial charge is 0.126 e. The molecule has 8 nitrogen and oxygen atoms in total. The minimum absolute atomic E-state index is 0.0156. The SMILES string of the molecule is COCC(C)(C)NC1CCC(Nc2cc(-c3cccc(NCC4(N)CCOCC4)n3)c(Cl)cn2)CC1. The van der Waals surface area contributed by atoms with Crippen LogP contribution in [-0.2, 0) is 9.47 Å². The van der Waals surface area contributed by atoms with E-state index >= 15 is 0 Å². The molecule has 5 N–H and O–H groups in total. The zero-order valence-electron chi connectivity index (χ0n) is 21.8. The monoisotopic (exact) mass is 516 g/mol. The summed E-state index contributed by atoms with van der Waals surface area (Å²) < 4.78 is 10.8. The molecule has 1 saturated heterocycles. The van der Waals surface area contributed by atoms with Crippen LogP contribution in [0, 0.1) is 0 Å². The Morgan fingerprint density at radius 3 is 2.58 bits per heavy atom. The van der Waals surface area contributed by atoms with Crippen molar-refractivity contribution in [3.8, 4) is 11.3 Å². The number of methoxy groups -OCH3 is 1. The number of hydrogen-bond donors (Lipinski definition) is 4. The lowest BCUT2D eigenvalue weighted by Gasteiger charge is -2.36. The molecule has 0 radical (unpaired) electrons. The zero-order chi connectivity index (χ0) is 25.6. The van der Waals surface area contributed by atoms with Crippen LogP contribution < -0.4 is 21.7 Å². The van der Waals surface area contributed by atoms with E-state index in [9.17, 15) is 0 Å². The average Bonchev–Trinajstić information content (AvgIpc) is 2.86. The zero-order valence-corrected chi connectivity index (χ0v) is 22.5. The number of aromatic nitrogens is 2. The molecule has 4 rings (SSSR count). The molecule has 1 aliphatic heterocycles. The Labute approximate surface area is 220 Å². The largest absolute Gasteiger partial charge is 0.383 e. The van der Waals surface area contributed by atoms with Gasteiger partial charge in [0.25, 0.3) is 0 Å². The van der Waals surface area contributed by atoms with Crippen LogP contribution in [0.2, 0.25) is 5.02 Å². The number of pyridine rings is 2. The van der Waals surface area contributed by atoms with Gasteiger partial charge in [-0.2, -0.15) is 0 Å². The van der Waals surface area contributed by atoms with Crippen molar-refractivity contribution in [1.82, 2.24) is 15.3 Å². The van der Waals surface area contributed by atoms with E-state index in [0.717, 1.165) is 61.4 Å². The van der Waals surface area contributed by atoms with Crippen molar-refractivity contribution in [2.24, 2.45) is 5.73 Å². The van der Waals surface area contributed by atoms with Crippen molar-refractivity contribution < 1.29 is 9.47 Å². The fraction of sp³-hybridized carbons (Fsp3) is 0.630. The maximum absolute atomic E-state index is 6.55. The van der Waals surface area contributed by atoms with Gasteiger partial charge in [-0.05, 0) is 70.6 Å². The van der Waals surface area contributed by atoms with Gasteiger partial charge in [0, 0.05) is 61.8 Å². The summed E-state index contributed by atoms with van der Waals surface area (Å²) in [6.07, 6.45) is 7.80. The molecule has 2 aromatic rings. The van der Waals surface area contributed by atoms with Crippen molar-refractivity contribution in [3.63, 3.8) is 0 Å². The first-order chi connectivity index (χ1) is 17.3. The molecule has 9 heteroatoms. The van der Waals surface area contributed by atoms with Crippen molar-refractivity contribution in [3.05, 3.63) is 35.5 Å². The highest BCUT2D eigenvalue weighted by atomic mass is 35.5. The highest BCUT2D eigenvalue weighted by Crippen LogP contribution is 2.30. The van der Waals surface area contributed by atoms with Gasteiger partial charge < -0.3 is 31.2 Å². The van der Waals surface area contributed by atoms with Gasteiger partial charge in [0.2, 0.25) is 0 Å². The molecule has 0 aromatic carbocycles. The normalized spacial score (nSPS) is 22.2. The van der Waals surface area contributed by atoms with E-state index in [4.69, 9.17) is 31.8 Å². The van der Waals surface area contributed by atoms with Gasteiger partial charge in [-0.15, -0.1) is 0 Å². The van der Waals surface area contributed by atoms with Crippen LogP contribution in [0.3, 0.4) is 0 Å². The summed E-state index contributed by atoms with van der Waals surface area (Å²) in [6, 6.07) is 8.82. The highest BCUT2D eigenvalue weighted by molar-refractivity contribution is 6.33. The fourth-order valence-corrected chi connectivity index (χ4v) is 5.36. The van der Waals surface area contributed by atoms with Gasteiger partial charge in [0.1, 0.15) is 11.6 Å². The lowest BCUT2D eigenvalue weighted by Crippen LogP contribution is -2.50. The minimum Gasteiger partial charge on any atom is -0.383 e. The Kier molecular flexibility index (Phi) is 9.06. The summed E-state index contributed by atoms with van der Waals surface area (Å²) in [5.74, 6) is 1.61.